The average molecular weight is 132 g/mol. The molecular formula is C3H4N2S2. The number of hydrogen-bond donors (Lipinski definition) is 1. The Morgan fingerprint density at radius 3 is 2.71 bits per heavy atom. The van der Waals surface area contributed by atoms with Crippen LogP contribution in [0.2, 0.25) is 0 Å². The van der Waals surface area contributed by atoms with E-state index >= 15 is 0 Å². The normalized spacial score (nSPS) is 7.00. The molecule has 2 nitrogen and oxygen atoms in total. The smallest absolute Gasteiger partial charge is 0.170 e. The van der Waals surface area contributed by atoms with Crippen LogP contribution in [0, 0.1) is 5.41 Å². The number of hydrogen-bond acceptors (Lipinski definition) is 3. The highest BCUT2D eigenvalue weighted by Gasteiger charge is 1.80. The molecule has 0 atom stereocenters. The van der Waals surface area contributed by atoms with Gasteiger partial charge in [-0.3, -0.25) is 0 Å². The van der Waals surface area contributed by atoms with E-state index in [4.69, 9.17) is 5.41 Å². The minimum atomic E-state index is 0.454. The molecule has 0 aliphatic carbocycles. The zero-order valence-corrected chi connectivity index (χ0v) is 5.40. The lowest BCUT2D eigenvalue weighted by Crippen LogP contribution is -1.73. The van der Waals surface area contributed by atoms with E-state index in [9.17, 15) is 0 Å². The molecule has 0 radical (unpaired) electrons. The second kappa shape index (κ2) is 3.99. The minimum absolute atomic E-state index is 0.454. The zero-order valence-electron chi connectivity index (χ0n) is 3.76. The highest BCUT2D eigenvalue weighted by molar-refractivity contribution is 8.22. The van der Waals surface area contributed by atoms with Gasteiger partial charge in [-0.1, -0.05) is 11.8 Å². The Kier molecular flexibility index (Phi) is 3.89. The van der Waals surface area contributed by atoms with Crippen molar-refractivity contribution in [3.05, 3.63) is 0 Å². The molecular weight excluding hydrogens is 128 g/mol. The monoisotopic (exact) mass is 132 g/mol. The second-order valence-corrected chi connectivity index (χ2v) is 2.13. The molecule has 0 bridgehead atoms. The van der Waals surface area contributed by atoms with Crippen LogP contribution in [0.5, 0.6) is 0 Å². The summed E-state index contributed by atoms with van der Waals surface area (Å²) in [5.41, 5.74) is 0. The Morgan fingerprint density at radius 1 is 2.00 bits per heavy atom. The van der Waals surface area contributed by atoms with Crippen molar-refractivity contribution in [2.45, 2.75) is 0 Å². The van der Waals surface area contributed by atoms with Gasteiger partial charge in [0.15, 0.2) is 4.32 Å². The molecule has 1 N–H and O–H groups in total. The summed E-state index contributed by atoms with van der Waals surface area (Å²) in [6, 6.07) is 1.83. The fourth-order valence-electron chi connectivity index (χ4n) is 0.0913. The van der Waals surface area contributed by atoms with Crippen LogP contribution in [0.25, 0.3) is 0 Å². The Labute approximate surface area is 51.5 Å². The van der Waals surface area contributed by atoms with Crippen LogP contribution in [-0.4, -0.2) is 16.6 Å². The summed E-state index contributed by atoms with van der Waals surface area (Å²) in [6.45, 7) is 0. The molecule has 0 aliphatic heterocycles. The van der Waals surface area contributed by atoms with Crippen molar-refractivity contribution in [1.29, 1.82) is 5.41 Å². The van der Waals surface area contributed by atoms with Gasteiger partial charge in [0, 0.05) is 0 Å². The van der Waals surface area contributed by atoms with Crippen molar-refractivity contribution in [1.82, 2.24) is 0 Å². The van der Waals surface area contributed by atoms with E-state index in [1.165, 1.54) is 11.8 Å². The van der Waals surface area contributed by atoms with Crippen molar-refractivity contribution in [2.24, 2.45) is 4.99 Å². The predicted molar refractivity (Wildman–Crippen MR) is 36.3 cm³/mol. The number of nitrogens with zero attached hydrogens (tertiary/aromatic N) is 1. The van der Waals surface area contributed by atoms with Gasteiger partial charge in [0.25, 0.3) is 0 Å². The zero-order chi connectivity index (χ0) is 5.70. The maximum Gasteiger partial charge on any atom is 0.170 e. The number of aliphatic imine (C=N–C) groups is 1. The van der Waals surface area contributed by atoms with Gasteiger partial charge in [0.2, 0.25) is 0 Å². The van der Waals surface area contributed by atoms with E-state index in [0.29, 0.717) is 4.32 Å². The molecule has 0 amide bonds. The maximum absolute atomic E-state index is 6.32. The predicted octanol–water partition coefficient (Wildman–Crippen LogP) is 1.39. The molecule has 38 valence electrons. The van der Waals surface area contributed by atoms with Crippen LogP contribution in [0.15, 0.2) is 4.99 Å². The number of thioether (sulfide) groups is 1. The van der Waals surface area contributed by atoms with Gasteiger partial charge in [-0.05, 0) is 18.5 Å². The molecule has 0 aliphatic rings. The summed E-state index contributed by atoms with van der Waals surface area (Å²) in [7, 11) is 0. The number of nitrogens with one attached hydrogen (secondary N) is 1. The first-order valence-electron chi connectivity index (χ1n) is 1.51. The highest BCUT2D eigenvalue weighted by Crippen LogP contribution is 1.96. The number of rotatable bonds is 0. The molecule has 4 heteroatoms. The van der Waals surface area contributed by atoms with Crippen LogP contribution in [-0.2, 0) is 0 Å². The third kappa shape index (κ3) is 3.66. The molecule has 7 heavy (non-hydrogen) atoms. The second-order valence-electron chi connectivity index (χ2n) is 0.694. The van der Waals surface area contributed by atoms with Crippen LogP contribution >= 0.6 is 24.0 Å². The van der Waals surface area contributed by atoms with E-state index in [1.54, 1.807) is 0 Å². The molecule has 0 spiro atoms. The lowest BCUT2D eigenvalue weighted by atomic mass is 11.3. The first-order chi connectivity index (χ1) is 3.31. The van der Waals surface area contributed by atoms with Crippen molar-refractivity contribution in [3.8, 4) is 0 Å². The van der Waals surface area contributed by atoms with Gasteiger partial charge in [0.1, 0.15) is 0 Å². The summed E-state index contributed by atoms with van der Waals surface area (Å²) >= 11 is 5.90. The van der Waals surface area contributed by atoms with Gasteiger partial charge in [0.05, 0.1) is 6.01 Å². The Morgan fingerprint density at radius 2 is 2.57 bits per heavy atom. The topological polar surface area (TPSA) is 36.2 Å². The molecule has 0 aromatic carbocycles. The number of thiocarbonyl (C=S) groups is 1. The average Bonchev–Trinajstić information content (AvgIpc) is 1.68. The molecule has 0 unspecified atom stereocenters. The van der Waals surface area contributed by atoms with Crippen molar-refractivity contribution in [3.63, 3.8) is 0 Å². The summed E-state index contributed by atoms with van der Waals surface area (Å²) in [6.07, 6.45) is 1.81. The van der Waals surface area contributed by atoms with Crippen LogP contribution in [0.3, 0.4) is 0 Å². The van der Waals surface area contributed by atoms with Gasteiger partial charge in [-0.15, -0.1) is 0 Å². The van der Waals surface area contributed by atoms with E-state index in [2.05, 4.69) is 17.2 Å². The molecule has 0 aromatic rings. The lowest BCUT2D eigenvalue weighted by molar-refractivity contribution is 1.56. The Bertz CT molecular complexity index is 114. The Hall–Kier alpha value is -0.180. The first-order valence-corrected chi connectivity index (χ1v) is 3.15. The third-order valence-electron chi connectivity index (χ3n) is 0.322. The Balaban J connectivity index is 3.58. The first kappa shape index (κ1) is 6.82. The minimum Gasteiger partial charge on any atom is -0.241 e. The summed E-state index contributed by atoms with van der Waals surface area (Å²) in [4.78, 5) is 3.35. The van der Waals surface area contributed by atoms with Gasteiger partial charge >= 0.3 is 0 Å². The van der Waals surface area contributed by atoms with Gasteiger partial charge < -0.3 is 0 Å². The van der Waals surface area contributed by atoms with Crippen molar-refractivity contribution < 1.29 is 0 Å². The molecule has 0 aromatic heterocycles. The van der Waals surface area contributed by atoms with E-state index in [1.807, 2.05) is 12.3 Å². The van der Waals surface area contributed by atoms with Crippen molar-refractivity contribution >= 4 is 34.3 Å². The van der Waals surface area contributed by atoms with Crippen LogP contribution in [0.4, 0.5) is 0 Å². The molecule has 0 fully saturated rings. The summed E-state index contributed by atoms with van der Waals surface area (Å²) < 4.78 is 0.454. The molecule has 0 saturated heterocycles. The SMILES string of the molecule is CSC(=S)N=C=N. The largest absolute Gasteiger partial charge is 0.241 e. The van der Waals surface area contributed by atoms with Gasteiger partial charge in [-0.25, -0.2) is 5.41 Å². The van der Waals surface area contributed by atoms with Crippen LogP contribution < -0.4 is 0 Å². The highest BCUT2D eigenvalue weighted by atomic mass is 32.2. The van der Waals surface area contributed by atoms with E-state index in [-0.39, 0.29) is 0 Å². The molecule has 0 rings (SSSR count). The third-order valence-corrected chi connectivity index (χ3v) is 1.35. The maximum atomic E-state index is 6.32. The van der Waals surface area contributed by atoms with E-state index < -0.39 is 0 Å². The quantitative estimate of drug-likeness (QED) is 0.399. The van der Waals surface area contributed by atoms with E-state index in [0.717, 1.165) is 0 Å². The lowest BCUT2D eigenvalue weighted by Gasteiger charge is -1.78. The molecule has 0 saturated carbocycles. The standard InChI is InChI=1S/C3H4N2S2/c1-7-3(6)5-2-4/h4H,1H3. The van der Waals surface area contributed by atoms with Crippen molar-refractivity contribution in [2.75, 3.05) is 6.26 Å². The summed E-state index contributed by atoms with van der Waals surface area (Å²) in [5, 5.41) is 6.32. The fourth-order valence-corrected chi connectivity index (χ4v) is 0.274. The fraction of sp³-hybridized carbons (Fsp3) is 0.333. The van der Waals surface area contributed by atoms with Gasteiger partial charge in [-0.2, -0.15) is 4.99 Å². The summed E-state index contributed by atoms with van der Waals surface area (Å²) in [5.74, 6) is 0. The van der Waals surface area contributed by atoms with Crippen LogP contribution in [0.1, 0.15) is 0 Å². The molecule has 0 heterocycles.